The largest absolute Gasteiger partial charge is 0.494 e. The van der Waals surface area contributed by atoms with Crippen LogP contribution < -0.4 is 9.64 Å². The minimum Gasteiger partial charge on any atom is -0.494 e. The molecule has 0 atom stereocenters. The fourth-order valence-electron chi connectivity index (χ4n) is 4.45. The molecule has 0 saturated carbocycles. The zero-order valence-electron chi connectivity index (χ0n) is 17.9. The van der Waals surface area contributed by atoms with E-state index in [-0.39, 0.29) is 0 Å². The van der Waals surface area contributed by atoms with Crippen LogP contribution in [0.4, 0.5) is 5.69 Å². The van der Waals surface area contributed by atoms with E-state index in [9.17, 15) is 0 Å². The standard InChI is InChI=1S/C27H29N2OS/c1-21-7-8-22-9-10-24(20-23(22)19-21)30-17-3-2-12-28-13-15-29(16-14-28)26-5-4-6-27-25(26)11-18-31-27/h4-12,18,20H,1-3,13-17,19H2/q+1. The summed E-state index contributed by atoms with van der Waals surface area (Å²) in [6.45, 7) is 9.16. The first-order valence-corrected chi connectivity index (χ1v) is 12.0. The smallest absolute Gasteiger partial charge is 0.159 e. The van der Waals surface area contributed by atoms with Crippen molar-refractivity contribution in [2.24, 2.45) is 0 Å². The number of fused-ring (bicyclic) bond motifs is 2. The Hall–Kier alpha value is -2.85. The van der Waals surface area contributed by atoms with E-state index < -0.39 is 0 Å². The Kier molecular flexibility index (Phi) is 5.90. The van der Waals surface area contributed by atoms with Gasteiger partial charge in [-0.3, -0.25) is 0 Å². The zero-order chi connectivity index (χ0) is 21.0. The van der Waals surface area contributed by atoms with Gasteiger partial charge in [0.2, 0.25) is 0 Å². The van der Waals surface area contributed by atoms with Crippen LogP contribution in [0.2, 0.25) is 0 Å². The van der Waals surface area contributed by atoms with Crippen molar-refractivity contribution in [3.63, 3.8) is 0 Å². The molecule has 0 bridgehead atoms. The molecule has 3 aromatic rings. The van der Waals surface area contributed by atoms with Crippen molar-refractivity contribution in [1.29, 1.82) is 0 Å². The molecule has 1 aliphatic carbocycles. The van der Waals surface area contributed by atoms with Crippen LogP contribution in [-0.2, 0) is 6.42 Å². The summed E-state index contributed by atoms with van der Waals surface area (Å²) in [5.74, 6) is 0.970. The lowest BCUT2D eigenvalue weighted by Crippen LogP contribution is -2.42. The van der Waals surface area contributed by atoms with Crippen molar-refractivity contribution in [3.8, 4) is 5.75 Å². The number of unbranched alkanes of at least 4 members (excludes halogenated alkanes) is 1. The van der Waals surface area contributed by atoms with Crippen molar-refractivity contribution in [2.75, 3.05) is 37.7 Å². The van der Waals surface area contributed by atoms with Crippen molar-refractivity contribution in [1.82, 2.24) is 0 Å². The van der Waals surface area contributed by atoms with Gasteiger partial charge >= 0.3 is 0 Å². The Labute approximate surface area is 188 Å². The molecule has 2 heterocycles. The fourth-order valence-corrected chi connectivity index (χ4v) is 5.25. The topological polar surface area (TPSA) is 15.5 Å². The maximum Gasteiger partial charge on any atom is 0.159 e. The number of allylic oxidation sites excluding steroid dienone is 2. The molecule has 0 unspecified atom stereocenters. The first-order valence-electron chi connectivity index (χ1n) is 11.2. The lowest BCUT2D eigenvalue weighted by atomic mass is 9.94. The molecular formula is C27H29N2OS+. The summed E-state index contributed by atoms with van der Waals surface area (Å²) >= 11 is 1.82. The number of thiophene rings is 1. The molecule has 1 aliphatic heterocycles. The Morgan fingerprint density at radius 1 is 1.10 bits per heavy atom. The molecule has 0 amide bonds. The molecule has 2 aliphatic rings. The second-order valence-electron chi connectivity index (χ2n) is 8.33. The summed E-state index contributed by atoms with van der Waals surface area (Å²) in [5, 5.41) is 3.59. The van der Waals surface area contributed by atoms with Crippen molar-refractivity contribution in [2.45, 2.75) is 19.3 Å². The molecule has 0 spiro atoms. The van der Waals surface area contributed by atoms with Gasteiger partial charge in [-0.25, -0.2) is 4.58 Å². The highest BCUT2D eigenvalue weighted by Gasteiger charge is 2.20. The van der Waals surface area contributed by atoms with Gasteiger partial charge in [-0.15, -0.1) is 11.3 Å². The number of ether oxygens (including phenoxy) is 1. The van der Waals surface area contributed by atoms with Crippen LogP contribution in [0, 0.1) is 0 Å². The highest BCUT2D eigenvalue weighted by Crippen LogP contribution is 2.31. The quantitative estimate of drug-likeness (QED) is 0.364. The number of hydrogen-bond donors (Lipinski definition) is 0. The lowest BCUT2D eigenvalue weighted by molar-refractivity contribution is -0.526. The molecule has 1 aromatic heterocycles. The molecule has 5 rings (SSSR count). The van der Waals surface area contributed by atoms with E-state index in [2.05, 4.69) is 82.3 Å². The molecule has 2 aromatic carbocycles. The van der Waals surface area contributed by atoms with Crippen molar-refractivity contribution >= 4 is 39.4 Å². The third-order valence-electron chi connectivity index (χ3n) is 6.16. The minimum absolute atomic E-state index is 0.756. The fraction of sp³-hybridized carbons (Fsp3) is 0.296. The average molecular weight is 430 g/mol. The molecule has 3 nitrogen and oxygen atoms in total. The number of piperazine rings is 1. The van der Waals surface area contributed by atoms with Crippen LogP contribution in [0.3, 0.4) is 0 Å². The van der Waals surface area contributed by atoms with Crippen LogP contribution in [0.25, 0.3) is 16.2 Å². The monoisotopic (exact) mass is 429 g/mol. The number of hydrogen-bond acceptors (Lipinski definition) is 3. The van der Waals surface area contributed by atoms with Gasteiger partial charge in [-0.05, 0) is 59.7 Å². The van der Waals surface area contributed by atoms with Gasteiger partial charge in [0.25, 0.3) is 0 Å². The summed E-state index contributed by atoms with van der Waals surface area (Å²) in [7, 11) is 0. The van der Waals surface area contributed by atoms with Gasteiger partial charge in [0.05, 0.1) is 19.7 Å². The number of anilines is 1. The maximum absolute atomic E-state index is 6.01. The number of rotatable bonds is 6. The van der Waals surface area contributed by atoms with E-state index in [4.69, 9.17) is 4.74 Å². The first kappa shape index (κ1) is 20.1. The maximum atomic E-state index is 6.01. The van der Waals surface area contributed by atoms with E-state index in [1.807, 2.05) is 11.3 Å². The predicted octanol–water partition coefficient (Wildman–Crippen LogP) is 5.79. The summed E-state index contributed by atoms with van der Waals surface area (Å²) in [5.41, 5.74) is 5.14. The molecule has 0 N–H and O–H groups in total. The molecule has 1 fully saturated rings. The summed E-state index contributed by atoms with van der Waals surface area (Å²) in [6.07, 6.45) is 9.63. The SMILES string of the molecule is C=C1C=Cc2ccc(OCCCC=[N+]3CCN(c4cccc5sccc45)CC3)cc2C1. The molecule has 1 saturated heterocycles. The van der Waals surface area contributed by atoms with Gasteiger partial charge in [0.1, 0.15) is 12.0 Å². The minimum atomic E-state index is 0.756. The lowest BCUT2D eigenvalue weighted by Gasteiger charge is -2.28. The highest BCUT2D eigenvalue weighted by molar-refractivity contribution is 7.17. The van der Waals surface area contributed by atoms with Crippen LogP contribution in [0.1, 0.15) is 24.0 Å². The van der Waals surface area contributed by atoms with Crippen LogP contribution in [0.5, 0.6) is 5.75 Å². The van der Waals surface area contributed by atoms with Crippen LogP contribution >= 0.6 is 11.3 Å². The van der Waals surface area contributed by atoms with Gasteiger partial charge in [0, 0.05) is 22.2 Å². The highest BCUT2D eigenvalue weighted by atomic mass is 32.1. The van der Waals surface area contributed by atoms with E-state index in [0.717, 1.165) is 63.4 Å². The van der Waals surface area contributed by atoms with E-state index in [0.29, 0.717) is 0 Å². The Bertz CT molecular complexity index is 1150. The summed E-state index contributed by atoms with van der Waals surface area (Å²) in [6, 6.07) is 15.3. The Morgan fingerprint density at radius 2 is 2.00 bits per heavy atom. The van der Waals surface area contributed by atoms with Gasteiger partial charge in [0.15, 0.2) is 13.1 Å². The Morgan fingerprint density at radius 3 is 2.90 bits per heavy atom. The number of nitrogens with zero attached hydrogens (tertiary/aromatic N) is 2. The molecular weight excluding hydrogens is 400 g/mol. The van der Waals surface area contributed by atoms with Gasteiger partial charge < -0.3 is 9.64 Å². The second kappa shape index (κ2) is 9.11. The number of benzene rings is 2. The molecule has 4 heteroatoms. The zero-order valence-corrected chi connectivity index (χ0v) is 18.7. The second-order valence-corrected chi connectivity index (χ2v) is 9.28. The Balaban J connectivity index is 1.08. The molecule has 158 valence electrons. The van der Waals surface area contributed by atoms with Gasteiger partial charge in [-0.1, -0.05) is 36.4 Å². The predicted molar refractivity (Wildman–Crippen MR) is 133 cm³/mol. The molecule has 31 heavy (non-hydrogen) atoms. The van der Waals surface area contributed by atoms with Gasteiger partial charge in [-0.2, -0.15) is 0 Å². The molecule has 0 radical (unpaired) electrons. The van der Waals surface area contributed by atoms with Crippen LogP contribution in [-0.4, -0.2) is 43.6 Å². The van der Waals surface area contributed by atoms with E-state index in [1.54, 1.807) is 0 Å². The van der Waals surface area contributed by atoms with Crippen molar-refractivity contribution in [3.05, 3.63) is 77.2 Å². The normalized spacial score (nSPS) is 15.9. The summed E-state index contributed by atoms with van der Waals surface area (Å²) in [4.78, 5) is 2.53. The first-order chi connectivity index (χ1) is 15.3. The third-order valence-corrected chi connectivity index (χ3v) is 7.04. The summed E-state index contributed by atoms with van der Waals surface area (Å²) < 4.78 is 9.86. The van der Waals surface area contributed by atoms with E-state index >= 15 is 0 Å². The van der Waals surface area contributed by atoms with Crippen LogP contribution in [0.15, 0.2) is 66.1 Å². The van der Waals surface area contributed by atoms with E-state index in [1.165, 1.54) is 26.9 Å². The average Bonchev–Trinajstić information content (AvgIpc) is 3.28. The van der Waals surface area contributed by atoms with Crippen molar-refractivity contribution < 1.29 is 9.31 Å². The third kappa shape index (κ3) is 4.59.